The van der Waals surface area contributed by atoms with Gasteiger partial charge in [0, 0.05) is 11.5 Å². The van der Waals surface area contributed by atoms with Gasteiger partial charge in [0.25, 0.3) is 0 Å². The van der Waals surface area contributed by atoms with Crippen LogP contribution in [0.25, 0.3) is 21.9 Å². The maximum atomic E-state index is 14.3. The fourth-order valence-electron chi connectivity index (χ4n) is 4.38. The Morgan fingerprint density at radius 3 is 2.07 bits per heavy atom. The van der Waals surface area contributed by atoms with Gasteiger partial charge in [-0.2, -0.15) is 0 Å². The van der Waals surface area contributed by atoms with Crippen LogP contribution in [0.15, 0.2) is 70.8 Å². The lowest BCUT2D eigenvalue weighted by molar-refractivity contribution is 0.477. The van der Waals surface area contributed by atoms with Gasteiger partial charge < -0.3 is 5.11 Å². The van der Waals surface area contributed by atoms with Crippen molar-refractivity contribution in [2.45, 2.75) is 33.6 Å². The van der Waals surface area contributed by atoms with Gasteiger partial charge in [0.1, 0.15) is 5.75 Å². The normalized spacial score (nSPS) is 15.2. The topological polar surface area (TPSA) is 20.2 Å². The molecule has 0 fully saturated rings. The molecule has 1 N–H and O–H groups in total. The number of allylic oxidation sites excluding steroid dienone is 4. The molecule has 1 nitrogen and oxygen atoms in total. The first-order valence-electron chi connectivity index (χ1n) is 9.36. The first kappa shape index (κ1) is 18.4. The molecule has 0 spiro atoms. The molecule has 3 aromatic carbocycles. The highest BCUT2D eigenvalue weighted by Crippen LogP contribution is 2.48. The van der Waals surface area contributed by atoms with E-state index < -0.39 is 11.6 Å². The maximum Gasteiger partial charge on any atom is 0.159 e. The quantitative estimate of drug-likeness (QED) is 0.499. The highest BCUT2D eigenvalue weighted by atomic mass is 19.2. The molecule has 0 aliphatic heterocycles. The molecular weight excluding hydrogens is 354 g/mol. The third-order valence-corrected chi connectivity index (χ3v) is 6.19. The van der Waals surface area contributed by atoms with Gasteiger partial charge in [-0.25, -0.2) is 8.78 Å². The van der Waals surface area contributed by atoms with Crippen LogP contribution >= 0.6 is 0 Å². The fourth-order valence-corrected chi connectivity index (χ4v) is 4.38. The Hall–Kier alpha value is -2.94. The molecule has 3 heteroatoms. The van der Waals surface area contributed by atoms with E-state index in [2.05, 4.69) is 13.8 Å². The number of phenols is 1. The Morgan fingerprint density at radius 1 is 0.786 bits per heavy atom. The molecule has 0 saturated carbocycles. The van der Waals surface area contributed by atoms with E-state index in [1.165, 1.54) is 23.3 Å². The minimum absolute atomic E-state index is 0.0562. The van der Waals surface area contributed by atoms with E-state index in [0.29, 0.717) is 16.7 Å². The SMILES string of the molecule is CC1=C(C)C(c2cc(F)c(F)cc2-c2c(O)ccc3ccccc23)C(C)=C1C. The summed E-state index contributed by atoms with van der Waals surface area (Å²) < 4.78 is 28.7. The zero-order valence-electron chi connectivity index (χ0n) is 16.4. The summed E-state index contributed by atoms with van der Waals surface area (Å²) in [5.74, 6) is -1.87. The molecule has 142 valence electrons. The third-order valence-electron chi connectivity index (χ3n) is 6.19. The van der Waals surface area contributed by atoms with Crippen LogP contribution in [0.5, 0.6) is 5.75 Å². The van der Waals surface area contributed by atoms with E-state index in [0.717, 1.165) is 21.9 Å². The third kappa shape index (κ3) is 2.65. The summed E-state index contributed by atoms with van der Waals surface area (Å²) in [4.78, 5) is 0. The average Bonchev–Trinajstić information content (AvgIpc) is 2.87. The van der Waals surface area contributed by atoms with Gasteiger partial charge in [-0.1, -0.05) is 41.5 Å². The maximum absolute atomic E-state index is 14.3. The standard InChI is InChI=1S/C25H22F2O/c1-13-14(2)16(4)24(15(13)3)19-11-21(26)22(27)12-20(19)25-18-8-6-5-7-17(18)9-10-23(25)28/h5-12,24,28H,1-4H3. The first-order chi connectivity index (χ1) is 13.3. The van der Waals surface area contributed by atoms with Crippen LogP contribution in [0.1, 0.15) is 39.2 Å². The van der Waals surface area contributed by atoms with E-state index in [1.807, 2.05) is 44.2 Å². The van der Waals surface area contributed by atoms with Gasteiger partial charge in [-0.15, -0.1) is 0 Å². The molecule has 0 unspecified atom stereocenters. The van der Waals surface area contributed by atoms with Crippen molar-refractivity contribution in [3.63, 3.8) is 0 Å². The Bertz CT molecular complexity index is 1160. The van der Waals surface area contributed by atoms with Gasteiger partial charge in [-0.05, 0) is 78.9 Å². The molecule has 1 aliphatic rings. The molecule has 0 atom stereocenters. The molecule has 0 aromatic heterocycles. The summed E-state index contributed by atoms with van der Waals surface area (Å²) in [6, 6.07) is 13.6. The van der Waals surface area contributed by atoms with E-state index >= 15 is 0 Å². The van der Waals surface area contributed by atoms with Crippen LogP contribution in [0.4, 0.5) is 8.78 Å². The number of aromatic hydroxyl groups is 1. The summed E-state index contributed by atoms with van der Waals surface area (Å²) in [5, 5.41) is 12.4. The van der Waals surface area contributed by atoms with Crippen molar-refractivity contribution in [3.8, 4) is 16.9 Å². The van der Waals surface area contributed by atoms with Crippen LogP contribution in [-0.2, 0) is 0 Å². The lowest BCUT2D eigenvalue weighted by Crippen LogP contribution is -2.04. The zero-order valence-corrected chi connectivity index (χ0v) is 16.4. The number of phenolic OH excluding ortho intramolecular Hbond substituents is 1. The van der Waals surface area contributed by atoms with Crippen LogP contribution in [0, 0.1) is 11.6 Å². The van der Waals surface area contributed by atoms with E-state index in [1.54, 1.807) is 6.07 Å². The molecule has 0 bridgehead atoms. The monoisotopic (exact) mass is 376 g/mol. The second kappa shape index (κ2) is 6.59. The van der Waals surface area contributed by atoms with E-state index in [-0.39, 0.29) is 11.7 Å². The lowest BCUT2D eigenvalue weighted by Gasteiger charge is -2.22. The van der Waals surface area contributed by atoms with E-state index in [9.17, 15) is 13.9 Å². The Kier molecular flexibility index (Phi) is 4.34. The summed E-state index contributed by atoms with van der Waals surface area (Å²) in [6.45, 7) is 8.19. The molecule has 4 rings (SSSR count). The van der Waals surface area contributed by atoms with Crippen molar-refractivity contribution in [2.24, 2.45) is 0 Å². The predicted octanol–water partition coefficient (Wildman–Crippen LogP) is 7.26. The van der Waals surface area contributed by atoms with Crippen molar-refractivity contribution in [1.82, 2.24) is 0 Å². The number of benzene rings is 3. The van der Waals surface area contributed by atoms with Gasteiger partial charge in [-0.3, -0.25) is 0 Å². The Labute approximate surface area is 163 Å². The molecule has 0 saturated heterocycles. The van der Waals surface area contributed by atoms with Gasteiger partial charge in [0.15, 0.2) is 11.6 Å². The largest absolute Gasteiger partial charge is 0.507 e. The minimum atomic E-state index is -0.916. The van der Waals surface area contributed by atoms with Crippen LogP contribution in [0.2, 0.25) is 0 Å². The first-order valence-corrected chi connectivity index (χ1v) is 9.36. The van der Waals surface area contributed by atoms with E-state index in [4.69, 9.17) is 0 Å². The summed E-state index contributed by atoms with van der Waals surface area (Å²) in [7, 11) is 0. The van der Waals surface area contributed by atoms with Crippen molar-refractivity contribution in [3.05, 3.63) is 88.0 Å². The molecule has 1 aliphatic carbocycles. The number of fused-ring (bicyclic) bond motifs is 1. The highest BCUT2D eigenvalue weighted by molar-refractivity contribution is 6.00. The Morgan fingerprint density at radius 2 is 1.39 bits per heavy atom. The number of halogens is 2. The van der Waals surface area contributed by atoms with Crippen LogP contribution < -0.4 is 0 Å². The van der Waals surface area contributed by atoms with Crippen molar-refractivity contribution >= 4 is 10.8 Å². The summed E-state index contributed by atoms with van der Waals surface area (Å²) in [5.41, 5.74) is 6.36. The minimum Gasteiger partial charge on any atom is -0.507 e. The number of hydrogen-bond donors (Lipinski definition) is 1. The lowest BCUT2D eigenvalue weighted by atomic mass is 9.82. The second-order valence-corrected chi connectivity index (χ2v) is 7.58. The van der Waals surface area contributed by atoms with Crippen molar-refractivity contribution < 1.29 is 13.9 Å². The molecule has 3 aromatic rings. The number of hydrogen-bond acceptors (Lipinski definition) is 1. The van der Waals surface area contributed by atoms with Gasteiger partial charge in [0.2, 0.25) is 0 Å². The summed E-state index contributed by atoms with van der Waals surface area (Å²) in [6.07, 6.45) is 0. The van der Waals surface area contributed by atoms with Gasteiger partial charge in [0.05, 0.1) is 0 Å². The van der Waals surface area contributed by atoms with Crippen LogP contribution in [-0.4, -0.2) is 5.11 Å². The molecule has 0 heterocycles. The van der Waals surface area contributed by atoms with Crippen molar-refractivity contribution in [2.75, 3.05) is 0 Å². The molecule has 0 amide bonds. The van der Waals surface area contributed by atoms with Crippen LogP contribution in [0.3, 0.4) is 0 Å². The number of rotatable bonds is 2. The summed E-state index contributed by atoms with van der Waals surface area (Å²) >= 11 is 0. The molecule has 0 radical (unpaired) electrons. The highest BCUT2D eigenvalue weighted by Gasteiger charge is 2.30. The molecular formula is C25H22F2O. The Balaban J connectivity index is 2.09. The average molecular weight is 376 g/mol. The zero-order chi connectivity index (χ0) is 20.2. The molecule has 28 heavy (non-hydrogen) atoms. The fraction of sp³-hybridized carbons (Fsp3) is 0.200. The second-order valence-electron chi connectivity index (χ2n) is 7.58. The predicted molar refractivity (Wildman–Crippen MR) is 110 cm³/mol. The van der Waals surface area contributed by atoms with Gasteiger partial charge >= 0.3 is 0 Å². The smallest absolute Gasteiger partial charge is 0.159 e. The van der Waals surface area contributed by atoms with Crippen molar-refractivity contribution in [1.29, 1.82) is 0 Å².